The van der Waals surface area contributed by atoms with E-state index in [1.54, 1.807) is 0 Å². The third-order valence-electron chi connectivity index (χ3n) is 3.10. The first-order chi connectivity index (χ1) is 7.53. The van der Waals surface area contributed by atoms with Crippen molar-refractivity contribution in [3.05, 3.63) is 0 Å². The molecule has 0 aromatic carbocycles. The first-order valence-electron chi connectivity index (χ1n) is 6.17. The van der Waals surface area contributed by atoms with Crippen LogP contribution in [-0.2, 0) is 9.53 Å². The average Bonchev–Trinajstić information content (AvgIpc) is 2.27. The normalized spacial score (nSPS) is 18.4. The highest BCUT2D eigenvalue weighted by atomic mass is 16.5. The second-order valence-electron chi connectivity index (χ2n) is 5.05. The molecule has 1 amide bonds. The van der Waals surface area contributed by atoms with E-state index >= 15 is 0 Å². The molecule has 4 nitrogen and oxygen atoms in total. The monoisotopic (exact) mass is 228 g/mol. The molecule has 1 heterocycles. The van der Waals surface area contributed by atoms with Crippen LogP contribution in [0.15, 0.2) is 0 Å². The zero-order chi connectivity index (χ0) is 12.0. The van der Waals surface area contributed by atoms with Gasteiger partial charge in [0, 0.05) is 5.54 Å². The fraction of sp³-hybridized carbons (Fsp3) is 0.917. The van der Waals surface area contributed by atoms with E-state index in [9.17, 15) is 4.79 Å². The largest absolute Gasteiger partial charge is 0.368 e. The lowest BCUT2D eigenvalue weighted by Gasteiger charge is -2.26. The highest BCUT2D eigenvalue weighted by Gasteiger charge is 2.19. The lowest BCUT2D eigenvalue weighted by molar-refractivity contribution is -0.129. The lowest BCUT2D eigenvalue weighted by Crippen LogP contribution is -2.45. The summed E-state index contributed by atoms with van der Waals surface area (Å²) >= 11 is 0. The molecule has 1 rings (SSSR count). The van der Waals surface area contributed by atoms with Gasteiger partial charge in [-0.3, -0.25) is 4.79 Å². The minimum atomic E-state index is -0.130. The van der Waals surface area contributed by atoms with E-state index < -0.39 is 0 Å². The van der Waals surface area contributed by atoms with Gasteiger partial charge >= 0.3 is 0 Å². The number of hydrogen-bond donors (Lipinski definition) is 2. The molecule has 0 spiro atoms. The van der Waals surface area contributed by atoms with Gasteiger partial charge in [-0.15, -0.1) is 0 Å². The molecule has 0 saturated carbocycles. The molecule has 0 aromatic rings. The number of carbonyl (C=O) groups is 1. The van der Waals surface area contributed by atoms with E-state index in [0.717, 1.165) is 32.4 Å². The Morgan fingerprint density at radius 3 is 2.62 bits per heavy atom. The summed E-state index contributed by atoms with van der Waals surface area (Å²) in [6.07, 6.45) is 3.18. The molecule has 0 unspecified atom stereocenters. The maximum absolute atomic E-state index is 11.6. The van der Waals surface area contributed by atoms with Gasteiger partial charge in [-0.05, 0) is 46.2 Å². The summed E-state index contributed by atoms with van der Waals surface area (Å²) < 4.78 is 5.58. The highest BCUT2D eigenvalue weighted by molar-refractivity contribution is 5.77. The molecule has 0 bridgehead atoms. The van der Waals surface area contributed by atoms with E-state index in [-0.39, 0.29) is 24.2 Å². The van der Waals surface area contributed by atoms with Gasteiger partial charge in [0.05, 0.1) is 6.10 Å². The second-order valence-corrected chi connectivity index (χ2v) is 5.05. The number of amides is 1. The van der Waals surface area contributed by atoms with Gasteiger partial charge < -0.3 is 15.4 Å². The van der Waals surface area contributed by atoms with Gasteiger partial charge in [0.2, 0.25) is 5.91 Å². The summed E-state index contributed by atoms with van der Waals surface area (Å²) in [4.78, 5) is 11.6. The molecular formula is C12H24N2O2. The van der Waals surface area contributed by atoms with Crippen molar-refractivity contribution in [2.24, 2.45) is 0 Å². The number of piperidine rings is 1. The Labute approximate surface area is 98.1 Å². The Morgan fingerprint density at radius 1 is 1.44 bits per heavy atom. The van der Waals surface area contributed by atoms with Crippen molar-refractivity contribution in [1.82, 2.24) is 10.6 Å². The van der Waals surface area contributed by atoms with Crippen molar-refractivity contribution in [2.45, 2.75) is 51.7 Å². The Morgan fingerprint density at radius 2 is 2.06 bits per heavy atom. The smallest absolute Gasteiger partial charge is 0.246 e. The molecule has 4 heteroatoms. The molecule has 2 N–H and O–H groups in total. The topological polar surface area (TPSA) is 50.4 Å². The SMILES string of the molecule is CCC(C)(C)NC(=O)COC1CCNCC1. The van der Waals surface area contributed by atoms with Gasteiger partial charge in [-0.25, -0.2) is 0 Å². The minimum Gasteiger partial charge on any atom is -0.368 e. The minimum absolute atomic E-state index is 0.00890. The predicted molar refractivity (Wildman–Crippen MR) is 64.4 cm³/mol. The molecule has 0 aromatic heterocycles. The molecule has 0 aliphatic carbocycles. The summed E-state index contributed by atoms with van der Waals surface area (Å²) in [5.41, 5.74) is -0.130. The van der Waals surface area contributed by atoms with Crippen LogP contribution in [0.2, 0.25) is 0 Å². The molecule has 1 aliphatic rings. The van der Waals surface area contributed by atoms with Crippen molar-refractivity contribution in [3.8, 4) is 0 Å². The summed E-state index contributed by atoms with van der Waals surface area (Å²) in [6.45, 7) is 8.28. The van der Waals surface area contributed by atoms with Crippen LogP contribution in [0, 0.1) is 0 Å². The van der Waals surface area contributed by atoms with Crippen LogP contribution < -0.4 is 10.6 Å². The summed E-state index contributed by atoms with van der Waals surface area (Å²) in [7, 11) is 0. The number of carbonyl (C=O) groups excluding carboxylic acids is 1. The molecule has 16 heavy (non-hydrogen) atoms. The van der Waals surface area contributed by atoms with Gasteiger partial charge in [0.25, 0.3) is 0 Å². The van der Waals surface area contributed by atoms with Crippen LogP contribution in [0.3, 0.4) is 0 Å². The average molecular weight is 228 g/mol. The van der Waals surface area contributed by atoms with E-state index in [1.165, 1.54) is 0 Å². The zero-order valence-corrected chi connectivity index (χ0v) is 10.6. The Hall–Kier alpha value is -0.610. The van der Waals surface area contributed by atoms with E-state index in [1.807, 2.05) is 13.8 Å². The maximum Gasteiger partial charge on any atom is 0.246 e. The number of ether oxygens (including phenoxy) is 1. The second kappa shape index (κ2) is 6.21. The Bertz CT molecular complexity index is 223. The first kappa shape index (κ1) is 13.5. The maximum atomic E-state index is 11.6. The van der Waals surface area contributed by atoms with Crippen LogP contribution in [0.5, 0.6) is 0 Å². The quantitative estimate of drug-likeness (QED) is 0.740. The van der Waals surface area contributed by atoms with Crippen LogP contribution in [0.4, 0.5) is 0 Å². The van der Waals surface area contributed by atoms with Crippen LogP contribution in [0.25, 0.3) is 0 Å². The highest BCUT2D eigenvalue weighted by Crippen LogP contribution is 2.08. The summed E-state index contributed by atoms with van der Waals surface area (Å²) in [5.74, 6) is -0.00890. The van der Waals surface area contributed by atoms with Crippen molar-refractivity contribution < 1.29 is 9.53 Å². The van der Waals surface area contributed by atoms with Crippen molar-refractivity contribution in [1.29, 1.82) is 0 Å². The van der Waals surface area contributed by atoms with Crippen LogP contribution >= 0.6 is 0 Å². The van der Waals surface area contributed by atoms with E-state index in [0.29, 0.717) is 0 Å². The Balaban J connectivity index is 2.19. The number of hydrogen-bond acceptors (Lipinski definition) is 3. The molecule has 94 valence electrons. The lowest BCUT2D eigenvalue weighted by atomic mass is 10.0. The number of nitrogens with one attached hydrogen (secondary N) is 2. The van der Waals surface area contributed by atoms with Gasteiger partial charge in [0.1, 0.15) is 6.61 Å². The molecule has 0 atom stereocenters. The Kier molecular flexibility index (Phi) is 5.22. The number of rotatable bonds is 5. The van der Waals surface area contributed by atoms with Crippen molar-refractivity contribution in [2.75, 3.05) is 19.7 Å². The molecule has 0 radical (unpaired) electrons. The van der Waals surface area contributed by atoms with E-state index in [2.05, 4.69) is 17.6 Å². The predicted octanol–water partition coefficient (Wildman–Crippen LogP) is 1.06. The molecule has 1 saturated heterocycles. The zero-order valence-electron chi connectivity index (χ0n) is 10.6. The van der Waals surface area contributed by atoms with Gasteiger partial charge in [-0.2, -0.15) is 0 Å². The molecule has 1 aliphatic heterocycles. The van der Waals surface area contributed by atoms with Crippen LogP contribution in [-0.4, -0.2) is 37.2 Å². The third-order valence-corrected chi connectivity index (χ3v) is 3.10. The fourth-order valence-electron chi connectivity index (χ4n) is 1.66. The summed E-state index contributed by atoms with van der Waals surface area (Å²) in [5, 5.41) is 6.24. The molecule has 1 fully saturated rings. The standard InChI is InChI=1S/C12H24N2O2/c1-4-12(2,3)14-11(15)9-16-10-5-7-13-8-6-10/h10,13H,4-9H2,1-3H3,(H,14,15). The first-order valence-corrected chi connectivity index (χ1v) is 6.17. The summed E-state index contributed by atoms with van der Waals surface area (Å²) in [6, 6.07) is 0. The molecular weight excluding hydrogens is 204 g/mol. The van der Waals surface area contributed by atoms with Gasteiger partial charge in [0.15, 0.2) is 0 Å². The third kappa shape index (κ3) is 4.94. The van der Waals surface area contributed by atoms with E-state index in [4.69, 9.17) is 4.74 Å². The fourth-order valence-corrected chi connectivity index (χ4v) is 1.66. The van der Waals surface area contributed by atoms with Crippen molar-refractivity contribution >= 4 is 5.91 Å². The van der Waals surface area contributed by atoms with Gasteiger partial charge in [-0.1, -0.05) is 6.92 Å². The van der Waals surface area contributed by atoms with Crippen molar-refractivity contribution in [3.63, 3.8) is 0 Å². The van der Waals surface area contributed by atoms with Crippen LogP contribution in [0.1, 0.15) is 40.0 Å².